The molecule has 0 aliphatic carbocycles. The Labute approximate surface area is 91.8 Å². The number of rotatable bonds is 6. The van der Waals surface area contributed by atoms with Gasteiger partial charge < -0.3 is 11.1 Å². The highest BCUT2D eigenvalue weighted by atomic mass is 15.3. The van der Waals surface area contributed by atoms with Gasteiger partial charge in [-0.15, -0.1) is 0 Å². The van der Waals surface area contributed by atoms with Crippen molar-refractivity contribution >= 4 is 0 Å². The van der Waals surface area contributed by atoms with Crippen molar-refractivity contribution in [1.29, 1.82) is 0 Å². The number of aromatic nitrogens is 2. The first-order valence-electron chi connectivity index (χ1n) is 5.62. The molecule has 0 aliphatic heterocycles. The van der Waals surface area contributed by atoms with Gasteiger partial charge in [0.25, 0.3) is 0 Å². The zero-order valence-corrected chi connectivity index (χ0v) is 9.95. The highest BCUT2D eigenvalue weighted by Gasteiger charge is 2.06. The molecule has 0 aromatic carbocycles. The van der Waals surface area contributed by atoms with Crippen LogP contribution in [0.1, 0.15) is 31.5 Å². The zero-order valence-electron chi connectivity index (χ0n) is 9.95. The first kappa shape index (κ1) is 12.2. The summed E-state index contributed by atoms with van der Waals surface area (Å²) in [5.74, 6) is 0. The van der Waals surface area contributed by atoms with E-state index >= 15 is 0 Å². The summed E-state index contributed by atoms with van der Waals surface area (Å²) in [4.78, 5) is 0. The van der Waals surface area contributed by atoms with Crippen molar-refractivity contribution < 1.29 is 0 Å². The van der Waals surface area contributed by atoms with Crippen LogP contribution in [0.5, 0.6) is 0 Å². The fourth-order valence-electron chi connectivity index (χ4n) is 1.67. The Morgan fingerprint density at radius 2 is 2.33 bits per heavy atom. The minimum absolute atomic E-state index is 0.472. The summed E-state index contributed by atoms with van der Waals surface area (Å²) in [5.41, 5.74) is 7.98. The third-order valence-electron chi connectivity index (χ3n) is 2.57. The predicted octanol–water partition coefficient (Wildman–Crippen LogP) is 0.809. The predicted molar refractivity (Wildman–Crippen MR) is 62.6 cm³/mol. The number of nitrogens with one attached hydrogen (secondary N) is 1. The molecule has 0 radical (unpaired) electrons. The molecule has 1 atom stereocenters. The third-order valence-corrected chi connectivity index (χ3v) is 2.57. The molecule has 1 rings (SSSR count). The molecule has 1 unspecified atom stereocenters. The largest absolute Gasteiger partial charge is 0.330 e. The number of hydrogen-bond acceptors (Lipinski definition) is 3. The molecule has 1 heterocycles. The molecule has 0 saturated carbocycles. The van der Waals surface area contributed by atoms with Crippen molar-refractivity contribution in [3.8, 4) is 0 Å². The fraction of sp³-hybridized carbons (Fsp3) is 0.727. The Balaban J connectivity index is 2.49. The average Bonchev–Trinajstić information content (AvgIpc) is 2.56. The maximum atomic E-state index is 5.50. The Morgan fingerprint density at radius 3 is 2.93 bits per heavy atom. The molecular formula is C11H22N4. The lowest BCUT2D eigenvalue weighted by Gasteiger charge is -2.11. The van der Waals surface area contributed by atoms with Gasteiger partial charge in [0.1, 0.15) is 0 Å². The van der Waals surface area contributed by atoms with Crippen molar-refractivity contribution in [2.45, 2.75) is 39.3 Å². The maximum Gasteiger partial charge on any atom is 0.0666 e. The van der Waals surface area contributed by atoms with E-state index in [0.29, 0.717) is 6.04 Å². The summed E-state index contributed by atoms with van der Waals surface area (Å²) < 4.78 is 1.88. The Kier molecular flexibility index (Phi) is 4.78. The van der Waals surface area contributed by atoms with Gasteiger partial charge in [-0.2, -0.15) is 5.10 Å². The lowest BCUT2D eigenvalue weighted by atomic mass is 10.2. The molecule has 3 N–H and O–H groups in total. The van der Waals surface area contributed by atoms with Crippen molar-refractivity contribution in [1.82, 2.24) is 15.1 Å². The number of hydrogen-bond donors (Lipinski definition) is 2. The molecule has 0 spiro atoms. The summed E-state index contributed by atoms with van der Waals surface area (Å²) in [7, 11) is 1.96. The molecular weight excluding hydrogens is 188 g/mol. The molecule has 1 aromatic heterocycles. The van der Waals surface area contributed by atoms with Crippen molar-refractivity contribution in [3.63, 3.8) is 0 Å². The van der Waals surface area contributed by atoms with Gasteiger partial charge in [-0.1, -0.05) is 6.92 Å². The van der Waals surface area contributed by atoms with E-state index in [1.807, 2.05) is 11.7 Å². The van der Waals surface area contributed by atoms with Crippen molar-refractivity contribution in [3.05, 3.63) is 17.5 Å². The standard InChI is InChI=1S/C11H22N4/c1-4-11-10(8-15(3)14-11)7-13-9(2)5-6-12/h8-9,13H,4-7,12H2,1-3H3. The molecule has 4 heteroatoms. The van der Waals surface area contributed by atoms with Crippen molar-refractivity contribution in [2.24, 2.45) is 12.8 Å². The van der Waals surface area contributed by atoms with E-state index in [4.69, 9.17) is 5.73 Å². The number of nitrogens with zero attached hydrogens (tertiary/aromatic N) is 2. The minimum atomic E-state index is 0.472. The highest BCUT2D eigenvalue weighted by Crippen LogP contribution is 2.07. The van der Waals surface area contributed by atoms with Crippen LogP contribution in [0.3, 0.4) is 0 Å². The van der Waals surface area contributed by atoms with Gasteiger partial charge in [0.05, 0.1) is 5.69 Å². The summed E-state index contributed by atoms with van der Waals surface area (Å²) in [6, 6.07) is 0.472. The van der Waals surface area contributed by atoms with E-state index in [2.05, 4.69) is 30.5 Å². The lowest BCUT2D eigenvalue weighted by molar-refractivity contribution is 0.518. The summed E-state index contributed by atoms with van der Waals surface area (Å²) in [6.07, 6.45) is 4.09. The molecule has 15 heavy (non-hydrogen) atoms. The second kappa shape index (κ2) is 5.88. The Bertz CT molecular complexity index is 293. The van der Waals surface area contributed by atoms with Crippen LogP contribution in [-0.2, 0) is 20.0 Å². The van der Waals surface area contributed by atoms with Gasteiger partial charge >= 0.3 is 0 Å². The van der Waals surface area contributed by atoms with Gasteiger partial charge in [-0.3, -0.25) is 4.68 Å². The molecule has 4 nitrogen and oxygen atoms in total. The normalized spacial score (nSPS) is 13.1. The van der Waals surface area contributed by atoms with Crippen LogP contribution in [0.2, 0.25) is 0 Å². The Morgan fingerprint density at radius 1 is 1.60 bits per heavy atom. The first-order chi connectivity index (χ1) is 7.17. The third kappa shape index (κ3) is 3.64. The van der Waals surface area contributed by atoms with Gasteiger partial charge in [0.2, 0.25) is 0 Å². The maximum absolute atomic E-state index is 5.50. The van der Waals surface area contributed by atoms with Crippen LogP contribution in [0, 0.1) is 0 Å². The quantitative estimate of drug-likeness (QED) is 0.730. The van der Waals surface area contributed by atoms with E-state index in [1.165, 1.54) is 11.3 Å². The van der Waals surface area contributed by atoms with Crippen LogP contribution in [0.25, 0.3) is 0 Å². The number of aryl methyl sites for hydroxylation is 2. The van der Waals surface area contributed by atoms with E-state index in [1.54, 1.807) is 0 Å². The summed E-state index contributed by atoms with van der Waals surface area (Å²) >= 11 is 0. The highest BCUT2D eigenvalue weighted by molar-refractivity contribution is 5.16. The van der Waals surface area contributed by atoms with Gasteiger partial charge in [-0.25, -0.2) is 0 Å². The lowest BCUT2D eigenvalue weighted by Crippen LogP contribution is -2.28. The van der Waals surface area contributed by atoms with Gasteiger partial charge in [0, 0.05) is 31.4 Å². The van der Waals surface area contributed by atoms with Crippen LogP contribution in [-0.4, -0.2) is 22.4 Å². The second-order valence-electron chi connectivity index (χ2n) is 3.99. The van der Waals surface area contributed by atoms with Gasteiger partial charge in [0.15, 0.2) is 0 Å². The van der Waals surface area contributed by atoms with Crippen LogP contribution < -0.4 is 11.1 Å². The topological polar surface area (TPSA) is 55.9 Å². The molecule has 0 fully saturated rings. The second-order valence-corrected chi connectivity index (χ2v) is 3.99. The molecule has 0 aliphatic rings. The van der Waals surface area contributed by atoms with Crippen LogP contribution in [0.15, 0.2) is 6.20 Å². The molecule has 0 amide bonds. The Hall–Kier alpha value is -0.870. The van der Waals surface area contributed by atoms with E-state index < -0.39 is 0 Å². The summed E-state index contributed by atoms with van der Waals surface area (Å²) in [5, 5.41) is 7.86. The molecule has 0 bridgehead atoms. The van der Waals surface area contributed by atoms with E-state index in [0.717, 1.165) is 25.9 Å². The minimum Gasteiger partial charge on any atom is -0.330 e. The van der Waals surface area contributed by atoms with Crippen LogP contribution >= 0.6 is 0 Å². The summed E-state index contributed by atoms with van der Waals surface area (Å²) in [6.45, 7) is 5.92. The SMILES string of the molecule is CCc1nn(C)cc1CNC(C)CCN. The van der Waals surface area contributed by atoms with Crippen molar-refractivity contribution in [2.75, 3.05) is 6.54 Å². The van der Waals surface area contributed by atoms with Crippen LogP contribution in [0.4, 0.5) is 0 Å². The fourth-order valence-corrected chi connectivity index (χ4v) is 1.67. The smallest absolute Gasteiger partial charge is 0.0666 e. The molecule has 0 saturated heterocycles. The van der Waals surface area contributed by atoms with E-state index in [-0.39, 0.29) is 0 Å². The monoisotopic (exact) mass is 210 g/mol. The number of nitrogens with two attached hydrogens (primary N) is 1. The zero-order chi connectivity index (χ0) is 11.3. The average molecular weight is 210 g/mol. The molecule has 86 valence electrons. The molecule has 1 aromatic rings. The van der Waals surface area contributed by atoms with Gasteiger partial charge in [-0.05, 0) is 26.3 Å². The first-order valence-corrected chi connectivity index (χ1v) is 5.62. The van der Waals surface area contributed by atoms with E-state index in [9.17, 15) is 0 Å².